The molecule has 0 saturated carbocycles. The van der Waals surface area contributed by atoms with Crippen molar-refractivity contribution in [3.05, 3.63) is 53.6 Å². The van der Waals surface area contributed by atoms with Crippen molar-refractivity contribution < 1.29 is 36.2 Å². The van der Waals surface area contributed by atoms with Gasteiger partial charge >= 0.3 is 12.8 Å². The average Bonchev–Trinajstić information content (AvgIpc) is 2.63. The molecule has 1 N–H and O–H groups in total. The Bertz CT molecular complexity index is 841. The molecule has 5 nitrogen and oxygen atoms in total. The number of nitrogens with zero attached hydrogens (tertiary/aromatic N) is 1. The van der Waals surface area contributed by atoms with E-state index in [0.29, 0.717) is 12.1 Å². The molecular weight excluding hydrogens is 411 g/mol. The summed E-state index contributed by atoms with van der Waals surface area (Å²) in [7, 11) is 1.66. The number of ether oxygens (including phenoxy) is 2. The standard InChI is InChI=1S/C20H21F5N2O3/c1-3-29-17-10-13(4-9-16(17)30-19(21)22)11-27(2)12-18(28)26-15-7-5-14(6-8-15)20(23,24)25/h4-10,19H,3,11-12H2,1-2H3,(H,26,28). The minimum Gasteiger partial charge on any atom is -0.490 e. The summed E-state index contributed by atoms with van der Waals surface area (Å²) in [6, 6.07) is 8.61. The van der Waals surface area contributed by atoms with Crippen LogP contribution in [-0.4, -0.2) is 37.6 Å². The highest BCUT2D eigenvalue weighted by atomic mass is 19.4. The highest BCUT2D eigenvalue weighted by Gasteiger charge is 2.30. The number of likely N-dealkylation sites (N-methyl/N-ethyl adjacent to an activating group) is 1. The van der Waals surface area contributed by atoms with Crippen LogP contribution >= 0.6 is 0 Å². The molecule has 164 valence electrons. The molecule has 2 aromatic rings. The van der Waals surface area contributed by atoms with Gasteiger partial charge < -0.3 is 14.8 Å². The molecule has 30 heavy (non-hydrogen) atoms. The number of amides is 1. The van der Waals surface area contributed by atoms with Crippen molar-refractivity contribution in [3.8, 4) is 11.5 Å². The zero-order chi connectivity index (χ0) is 22.3. The SMILES string of the molecule is CCOc1cc(CN(C)CC(=O)Nc2ccc(C(F)(F)F)cc2)ccc1OC(F)F. The van der Waals surface area contributed by atoms with Gasteiger partial charge in [0.15, 0.2) is 11.5 Å². The molecule has 1 amide bonds. The highest BCUT2D eigenvalue weighted by molar-refractivity contribution is 5.92. The van der Waals surface area contributed by atoms with Gasteiger partial charge in [0, 0.05) is 12.2 Å². The lowest BCUT2D eigenvalue weighted by atomic mass is 10.2. The summed E-state index contributed by atoms with van der Waals surface area (Å²) < 4.78 is 72.4. The Morgan fingerprint density at radius 3 is 2.33 bits per heavy atom. The van der Waals surface area contributed by atoms with Crippen molar-refractivity contribution in [2.24, 2.45) is 0 Å². The van der Waals surface area contributed by atoms with Crippen LogP contribution in [0.3, 0.4) is 0 Å². The van der Waals surface area contributed by atoms with Crippen LogP contribution in [0.15, 0.2) is 42.5 Å². The Morgan fingerprint density at radius 2 is 1.77 bits per heavy atom. The average molecular weight is 432 g/mol. The number of anilines is 1. The Balaban J connectivity index is 1.95. The van der Waals surface area contributed by atoms with Crippen molar-refractivity contribution in [2.45, 2.75) is 26.3 Å². The van der Waals surface area contributed by atoms with Crippen LogP contribution in [0.2, 0.25) is 0 Å². The molecule has 2 aromatic carbocycles. The van der Waals surface area contributed by atoms with Crippen molar-refractivity contribution in [1.82, 2.24) is 4.90 Å². The van der Waals surface area contributed by atoms with Crippen LogP contribution < -0.4 is 14.8 Å². The number of nitrogens with one attached hydrogen (secondary N) is 1. The number of halogens is 5. The van der Waals surface area contributed by atoms with Gasteiger partial charge in [0.05, 0.1) is 18.7 Å². The van der Waals surface area contributed by atoms with E-state index in [4.69, 9.17) is 4.74 Å². The molecule has 0 aliphatic carbocycles. The summed E-state index contributed by atoms with van der Waals surface area (Å²) in [6.45, 7) is -0.757. The fourth-order valence-electron chi connectivity index (χ4n) is 2.67. The molecule has 0 fully saturated rings. The molecule has 0 unspecified atom stereocenters. The smallest absolute Gasteiger partial charge is 0.416 e. The van der Waals surface area contributed by atoms with Crippen LogP contribution in [0.5, 0.6) is 11.5 Å². The van der Waals surface area contributed by atoms with E-state index in [1.807, 2.05) is 0 Å². The highest BCUT2D eigenvalue weighted by Crippen LogP contribution is 2.31. The molecule has 0 saturated heterocycles. The number of alkyl halides is 5. The number of hydrogen-bond acceptors (Lipinski definition) is 4. The molecule has 0 heterocycles. The van der Waals surface area contributed by atoms with Crippen molar-refractivity contribution >= 4 is 11.6 Å². The van der Waals surface area contributed by atoms with Crippen molar-refractivity contribution in [1.29, 1.82) is 0 Å². The molecule has 10 heteroatoms. The Morgan fingerprint density at radius 1 is 1.10 bits per heavy atom. The van der Waals surface area contributed by atoms with Gasteiger partial charge in [-0.2, -0.15) is 22.0 Å². The van der Waals surface area contributed by atoms with E-state index in [9.17, 15) is 26.7 Å². The van der Waals surface area contributed by atoms with E-state index in [2.05, 4.69) is 10.1 Å². The van der Waals surface area contributed by atoms with Crippen molar-refractivity contribution in [3.63, 3.8) is 0 Å². The molecule has 0 aromatic heterocycles. The summed E-state index contributed by atoms with van der Waals surface area (Å²) >= 11 is 0. The zero-order valence-electron chi connectivity index (χ0n) is 16.3. The number of rotatable bonds is 9. The predicted octanol–water partition coefficient (Wildman–Crippen LogP) is 4.78. The molecular formula is C20H21F5N2O3. The summed E-state index contributed by atoms with van der Waals surface area (Å²) in [5.74, 6) is -0.337. The van der Waals surface area contributed by atoms with E-state index in [-0.39, 0.29) is 30.3 Å². The lowest BCUT2D eigenvalue weighted by molar-refractivity contribution is -0.137. The number of hydrogen-bond donors (Lipinski definition) is 1. The zero-order valence-corrected chi connectivity index (χ0v) is 16.3. The summed E-state index contributed by atoms with van der Waals surface area (Å²) in [4.78, 5) is 13.8. The number of carbonyl (C=O) groups excluding carboxylic acids is 1. The molecule has 0 aliphatic rings. The lowest BCUT2D eigenvalue weighted by Gasteiger charge is -2.18. The summed E-state index contributed by atoms with van der Waals surface area (Å²) in [5.41, 5.74) is 0.139. The van der Waals surface area contributed by atoms with Gasteiger partial charge in [0.1, 0.15) is 0 Å². The van der Waals surface area contributed by atoms with E-state index in [0.717, 1.165) is 12.1 Å². The Labute approximate surface area is 170 Å². The van der Waals surface area contributed by atoms with E-state index in [1.54, 1.807) is 31.0 Å². The van der Waals surface area contributed by atoms with Crippen LogP contribution in [0.4, 0.5) is 27.6 Å². The Kier molecular flexibility index (Phi) is 7.99. The topological polar surface area (TPSA) is 50.8 Å². The maximum atomic E-state index is 12.6. The molecule has 0 aliphatic heterocycles. The van der Waals surface area contributed by atoms with Gasteiger partial charge in [0.25, 0.3) is 0 Å². The fraction of sp³-hybridized carbons (Fsp3) is 0.350. The molecule has 0 radical (unpaired) electrons. The van der Waals surface area contributed by atoms with Gasteiger partial charge in [-0.25, -0.2) is 0 Å². The van der Waals surface area contributed by atoms with E-state index >= 15 is 0 Å². The first kappa shape index (κ1) is 23.4. The van der Waals surface area contributed by atoms with E-state index < -0.39 is 24.3 Å². The minimum absolute atomic E-state index is 0.0414. The monoisotopic (exact) mass is 432 g/mol. The second kappa shape index (κ2) is 10.2. The second-order valence-electron chi connectivity index (χ2n) is 6.39. The third-order valence-corrected chi connectivity index (χ3v) is 3.89. The first-order valence-electron chi connectivity index (χ1n) is 8.94. The van der Waals surface area contributed by atoms with Crippen molar-refractivity contribution in [2.75, 3.05) is 25.5 Å². The lowest BCUT2D eigenvalue weighted by Crippen LogP contribution is -2.29. The third kappa shape index (κ3) is 7.18. The maximum Gasteiger partial charge on any atom is 0.416 e. The number of benzene rings is 2. The molecule has 0 bridgehead atoms. The largest absolute Gasteiger partial charge is 0.490 e. The Hall–Kier alpha value is -2.88. The van der Waals surface area contributed by atoms with Crippen LogP contribution in [0, 0.1) is 0 Å². The van der Waals surface area contributed by atoms with Crippen LogP contribution in [0.1, 0.15) is 18.1 Å². The van der Waals surface area contributed by atoms with Gasteiger partial charge in [-0.3, -0.25) is 9.69 Å². The van der Waals surface area contributed by atoms with Crippen LogP contribution in [0.25, 0.3) is 0 Å². The number of carbonyl (C=O) groups is 1. The van der Waals surface area contributed by atoms with E-state index in [1.165, 1.54) is 18.2 Å². The summed E-state index contributed by atoms with van der Waals surface area (Å²) in [6.07, 6.45) is -4.45. The van der Waals surface area contributed by atoms with Gasteiger partial charge in [-0.1, -0.05) is 6.07 Å². The molecule has 0 spiro atoms. The van der Waals surface area contributed by atoms with Gasteiger partial charge in [-0.05, 0) is 55.9 Å². The van der Waals surface area contributed by atoms with Crippen LogP contribution in [-0.2, 0) is 17.5 Å². The molecule has 0 atom stereocenters. The third-order valence-electron chi connectivity index (χ3n) is 3.89. The maximum absolute atomic E-state index is 12.6. The first-order valence-corrected chi connectivity index (χ1v) is 8.94. The first-order chi connectivity index (χ1) is 14.1. The van der Waals surface area contributed by atoms with Gasteiger partial charge in [0.2, 0.25) is 5.91 Å². The second-order valence-corrected chi connectivity index (χ2v) is 6.39. The minimum atomic E-state index is -4.45. The summed E-state index contributed by atoms with van der Waals surface area (Å²) in [5, 5.41) is 2.52. The normalized spacial score (nSPS) is 11.6. The molecule has 2 rings (SSSR count). The predicted molar refractivity (Wildman–Crippen MR) is 101 cm³/mol. The quantitative estimate of drug-likeness (QED) is 0.580. The van der Waals surface area contributed by atoms with Gasteiger partial charge in [-0.15, -0.1) is 0 Å². The fourth-order valence-corrected chi connectivity index (χ4v) is 2.67.